The minimum Gasteiger partial charge on any atom is -0.477 e. The van der Waals surface area contributed by atoms with Crippen LogP contribution in [0.15, 0.2) is 0 Å². The van der Waals surface area contributed by atoms with Gasteiger partial charge in [0.2, 0.25) is 29.5 Å². The molecule has 11 rings (SSSR count). The van der Waals surface area contributed by atoms with Gasteiger partial charge in [-0.1, -0.05) is 0 Å². The first-order chi connectivity index (χ1) is 67.0. The number of ether oxygens (including phenoxy) is 21. The number of hydrogen-bond acceptors (Lipinski definition) is 57. The number of aliphatic carboxylic acids is 1. The number of amides is 5. The van der Waals surface area contributed by atoms with E-state index < -0.39 is 451 Å². The first kappa shape index (κ1) is 117. The summed E-state index contributed by atoms with van der Waals surface area (Å²) in [6.45, 7) is -6.14. The molecule has 0 radical (unpaired) electrons. The topological polar surface area (TPSA) is 984 Å². The molecule has 56 atom stereocenters. The maximum atomic E-state index is 13.4. The van der Waals surface area contributed by atoms with Gasteiger partial charge in [-0.25, -0.2) is 4.79 Å². The smallest absolute Gasteiger partial charge is 0.364 e. The summed E-state index contributed by atoms with van der Waals surface area (Å²) in [6.07, 6.45) is -111. The molecule has 11 fully saturated rings. The van der Waals surface area contributed by atoms with Crippen molar-refractivity contribution < 1.29 is 287 Å². The fourth-order valence-corrected chi connectivity index (χ4v) is 18.4. The first-order valence-corrected chi connectivity index (χ1v) is 45.1. The minimum absolute atomic E-state index is 0.857. The summed E-state index contributed by atoms with van der Waals surface area (Å²) < 4.78 is 125. The first-order valence-electron chi connectivity index (χ1n) is 45.1. The van der Waals surface area contributed by atoms with E-state index in [1.165, 1.54) is 6.92 Å². The molecule has 36 N–H and O–H groups in total. The highest BCUT2D eigenvalue weighted by Gasteiger charge is 2.65. The van der Waals surface area contributed by atoms with Gasteiger partial charge in [-0.05, 0) is 6.92 Å². The highest BCUT2D eigenvalue weighted by atomic mass is 16.8. The third kappa shape index (κ3) is 25.8. The minimum atomic E-state index is -3.33. The number of hydrogen-bond donors (Lipinski definition) is 36. The van der Waals surface area contributed by atoms with Crippen molar-refractivity contribution in [1.82, 2.24) is 26.6 Å². The summed E-state index contributed by atoms with van der Waals surface area (Å²) >= 11 is 0. The lowest BCUT2D eigenvalue weighted by Gasteiger charge is -2.51. The molecule has 0 bridgehead atoms. The van der Waals surface area contributed by atoms with Crippen LogP contribution in [0.3, 0.4) is 0 Å². The molecular weight excluding hydrogens is 1950 g/mol. The van der Waals surface area contributed by atoms with E-state index >= 15 is 0 Å². The number of nitrogens with one attached hydrogen (secondary N) is 5. The normalized spacial score (nSPS) is 48.0. The van der Waals surface area contributed by atoms with Gasteiger partial charge in [-0.15, -0.1) is 0 Å². The fourth-order valence-electron chi connectivity index (χ4n) is 18.4. The lowest BCUT2D eigenvalue weighted by molar-refractivity contribution is -0.399. The number of rotatable bonds is 38. The van der Waals surface area contributed by atoms with Gasteiger partial charge in [0.25, 0.3) is 5.79 Å². The van der Waals surface area contributed by atoms with Gasteiger partial charge >= 0.3 is 5.97 Å². The van der Waals surface area contributed by atoms with Crippen LogP contribution in [0.25, 0.3) is 0 Å². The van der Waals surface area contributed by atoms with Gasteiger partial charge in [0.15, 0.2) is 62.9 Å². The van der Waals surface area contributed by atoms with Crippen LogP contribution in [0.5, 0.6) is 0 Å². The number of carbonyl (C=O) groups excluding carboxylic acids is 5. The Morgan fingerprint density at radius 3 is 1.06 bits per heavy atom. The van der Waals surface area contributed by atoms with E-state index in [1.807, 2.05) is 0 Å². The summed E-state index contributed by atoms with van der Waals surface area (Å²) in [5, 5.41) is 361. The molecule has 11 aliphatic rings. The van der Waals surface area contributed by atoms with Gasteiger partial charge in [-0.3, -0.25) is 24.0 Å². The molecule has 11 aliphatic heterocycles. The molecule has 63 heteroatoms. The number of carboxylic acid groups (broad SMARTS) is 1. The quantitative estimate of drug-likeness (QED) is 0.0273. The zero-order valence-electron chi connectivity index (χ0n) is 76.4. The summed E-state index contributed by atoms with van der Waals surface area (Å²) in [7, 11) is 0. The van der Waals surface area contributed by atoms with Crippen molar-refractivity contribution in [3.63, 3.8) is 0 Å². The van der Waals surface area contributed by atoms with E-state index in [9.17, 15) is 187 Å². The fraction of sp³-hybridized carbons (Fsp3) is 0.924. The Bertz CT molecular complexity index is 4010. The highest BCUT2D eigenvalue weighted by molar-refractivity contribution is 5.77. The lowest BCUT2D eigenvalue weighted by Crippen LogP contribution is -2.71. The summed E-state index contributed by atoms with van der Waals surface area (Å²) in [5.41, 5.74) is 0. The van der Waals surface area contributed by atoms with Crippen LogP contribution < -0.4 is 26.6 Å². The number of carbonyl (C=O) groups is 6. The van der Waals surface area contributed by atoms with Gasteiger partial charge in [0.05, 0.1) is 84.3 Å². The van der Waals surface area contributed by atoms with Gasteiger partial charge in [-0.2, -0.15) is 0 Å². The predicted molar refractivity (Wildman–Crippen MR) is 436 cm³/mol. The summed E-state index contributed by atoms with van der Waals surface area (Å²) in [4.78, 5) is 77.9. The highest BCUT2D eigenvalue weighted by Crippen LogP contribution is 2.44. The van der Waals surface area contributed by atoms with Crippen molar-refractivity contribution >= 4 is 35.5 Å². The van der Waals surface area contributed by atoms with Crippen LogP contribution in [0, 0.1) is 0 Å². The van der Waals surface area contributed by atoms with Gasteiger partial charge in [0.1, 0.15) is 256 Å². The van der Waals surface area contributed by atoms with Crippen LogP contribution in [0.1, 0.15) is 48.0 Å². The molecular formula is C79H131N5O58. The van der Waals surface area contributed by atoms with Crippen LogP contribution in [-0.4, -0.2) is 603 Å². The monoisotopic (exact) mass is 2080 g/mol. The van der Waals surface area contributed by atoms with Crippen molar-refractivity contribution in [2.45, 2.75) is 391 Å². The molecule has 0 aromatic heterocycles. The van der Waals surface area contributed by atoms with E-state index in [4.69, 9.17) is 99.5 Å². The Hall–Kier alpha value is -5.22. The van der Waals surface area contributed by atoms with Crippen molar-refractivity contribution in [3.8, 4) is 0 Å². The zero-order valence-corrected chi connectivity index (χ0v) is 76.4. The molecule has 142 heavy (non-hydrogen) atoms. The van der Waals surface area contributed by atoms with E-state index in [1.54, 1.807) is 0 Å². The number of carboxylic acids is 1. The Labute approximate surface area is 803 Å². The van der Waals surface area contributed by atoms with Crippen molar-refractivity contribution in [2.24, 2.45) is 0 Å². The van der Waals surface area contributed by atoms with Crippen molar-refractivity contribution in [2.75, 3.05) is 66.1 Å². The molecule has 63 nitrogen and oxygen atoms in total. The van der Waals surface area contributed by atoms with Crippen LogP contribution >= 0.6 is 0 Å². The lowest BCUT2D eigenvalue weighted by atomic mass is 9.88. The maximum absolute atomic E-state index is 13.4. The average Bonchev–Trinajstić information content (AvgIpc) is 0.750. The Morgan fingerprint density at radius 1 is 0.303 bits per heavy atom. The van der Waals surface area contributed by atoms with Crippen LogP contribution in [-0.2, 0) is 128 Å². The molecule has 0 unspecified atom stereocenters. The van der Waals surface area contributed by atoms with Crippen LogP contribution in [0.2, 0.25) is 0 Å². The zero-order chi connectivity index (χ0) is 105. The van der Waals surface area contributed by atoms with Crippen LogP contribution in [0.4, 0.5) is 0 Å². The summed E-state index contributed by atoms with van der Waals surface area (Å²) in [5.74, 6) is -10.4. The van der Waals surface area contributed by atoms with E-state index in [-0.39, 0.29) is 0 Å². The third-order valence-corrected chi connectivity index (χ3v) is 25.9. The molecule has 0 aromatic carbocycles. The standard InChI is InChI=1S/C79H131N5O58/c1-18-40(100)51(111)55(115)72(124-18)122-17-34-62(47(107)36(68(119)125-34)81-20(3)94)134-69-37(82-21(4)95)48(108)60(31(14-91)130-69)136-74-57(117)64(138-77-67(54(114)44(104)28(11-88)129-77)140-71-39(84-23(6)97)49(109)59(30(13-90)132-71)135-73-56(116)52(112)42(102)26(9-86)126-73)46(106)33(133-74)16-123-76-66(53(113)43(103)27(10-87)128-76)139-70-38(83-22(5)96)50(110)61(32(15-92)131-70)137-75-58(118)65(45(105)29(12-89)127-75)142-79(78(120)121)7-24(98)35(80-19(2)93)63(141-79)41(101)25(99)8-85/h18,24-77,85-92,98-119H,7-17H2,1-6H3,(H,80,93)(H,81,94)(H,82,95)(H,83,96)(H,84,97)(H,120,121)/t18-,24-,25+,26+,27+,28+,29+,30+,31+,32+,33+,34+,35+,36+,37+,38+,39+,40+,41+,42-,43+,44+,45-,46+,47+,48+,49+,50+,51+,52-,53-,54-,55-,56+,57-,58+,59+,60+,61+,62+,63+,64-,65-,66-,67-,68+,69-,70-,71-,72+,73-,74-,75-,76-,77+,79-/m0/s1. The maximum Gasteiger partial charge on any atom is 0.364 e. The molecule has 11 saturated heterocycles. The molecule has 11 heterocycles. The molecule has 0 spiro atoms. The number of aliphatic hydroxyl groups excluding tert-OH is 30. The van der Waals surface area contributed by atoms with Gasteiger partial charge < -0.3 is 284 Å². The molecule has 0 saturated carbocycles. The molecule has 0 aliphatic carbocycles. The Balaban J connectivity index is 0.914. The largest absolute Gasteiger partial charge is 0.477 e. The van der Waals surface area contributed by atoms with E-state index in [0.717, 1.165) is 34.6 Å². The summed E-state index contributed by atoms with van der Waals surface area (Å²) in [6, 6.07) is -9.81. The van der Waals surface area contributed by atoms with Crippen molar-refractivity contribution in [3.05, 3.63) is 0 Å². The molecule has 0 aromatic rings. The second-order valence-electron chi connectivity index (χ2n) is 36.0. The second-order valence-corrected chi connectivity index (χ2v) is 36.0. The van der Waals surface area contributed by atoms with Gasteiger partial charge in [0, 0.05) is 41.0 Å². The Morgan fingerprint density at radius 2 is 0.620 bits per heavy atom. The van der Waals surface area contributed by atoms with Crippen molar-refractivity contribution in [1.29, 1.82) is 0 Å². The SMILES string of the molecule is CC(=O)N[C@@H]1[C@@H](O)[C@H](O[C@@H]2O[C@H](CO)[C@@H](O[C@@H]3O[C@H](CO[C@H]4O[C@H](CO)[C@@H](O)[C@H](O)[C@@H]4O[C@@H]4O[C@H](CO)[C@@H](O[C@@H]5O[C@H](CO)[C@H](O)[C@H](O[C@]6(C(=O)O)C[C@H](O)[C@@H](NC(C)=O)[C@H]([C@H](O)[C@H](O)CO)O6)[C@H]5O)[C@H](O)[C@H]4NC(C)=O)[C@@H](O)[C@H](O[C@H]4O[C@H](CO)[C@@H](O)[C@H](O)[C@@H]4O[C@@H]4O[C@H](CO)[C@@H](O[C@@H]5O[C@H](CO)[C@H](O)[C@H](O)[C@H]5O)[C@H](O)[C@H]4NC(C)=O)[C@@H]3O)[C@H](O)[C@H]2NC(C)=O)[C@@H](CO[C@@H]2O[C@@H](C)[C@@H](O)[C@@H](O)[C@@H]2O)O[C@H]1O. The van der Waals surface area contributed by atoms with E-state index in [2.05, 4.69) is 26.6 Å². The van der Waals surface area contributed by atoms with E-state index in [0.29, 0.717) is 0 Å². The molecule has 5 amide bonds. The number of aliphatic hydroxyl groups is 30. The molecule has 820 valence electrons. The average molecular weight is 2080 g/mol. The predicted octanol–water partition coefficient (Wildman–Crippen LogP) is -24.0. The third-order valence-electron chi connectivity index (χ3n) is 25.9. The second kappa shape index (κ2) is 50.6. The Kier molecular flexibility index (Phi) is 41.7.